The Morgan fingerprint density at radius 1 is 1.47 bits per heavy atom. The van der Waals surface area contributed by atoms with Gasteiger partial charge in [0, 0.05) is 5.02 Å². The van der Waals surface area contributed by atoms with Gasteiger partial charge in [0.2, 0.25) is 0 Å². The van der Waals surface area contributed by atoms with Crippen LogP contribution in [0.4, 0.5) is 13.2 Å². The molecule has 0 saturated carbocycles. The highest BCUT2D eigenvalue weighted by atomic mass is 35.5. The Kier molecular flexibility index (Phi) is 3.18. The van der Waals surface area contributed by atoms with E-state index in [9.17, 15) is 18.0 Å². The predicted octanol–water partition coefficient (Wildman–Crippen LogP) is 2.54. The SMILES string of the molecule is COC(=O)c1cc(Cl)cc(C(F)(F)F)n1. The second-order valence-electron chi connectivity index (χ2n) is 2.55. The van der Waals surface area contributed by atoms with Crippen molar-refractivity contribution in [2.24, 2.45) is 0 Å². The van der Waals surface area contributed by atoms with Crippen LogP contribution in [0.5, 0.6) is 0 Å². The van der Waals surface area contributed by atoms with Crippen molar-refractivity contribution in [2.45, 2.75) is 6.18 Å². The van der Waals surface area contributed by atoms with Gasteiger partial charge >= 0.3 is 12.1 Å². The summed E-state index contributed by atoms with van der Waals surface area (Å²) in [5.41, 5.74) is -1.70. The van der Waals surface area contributed by atoms with Crippen LogP contribution in [0.15, 0.2) is 12.1 Å². The van der Waals surface area contributed by atoms with Crippen molar-refractivity contribution in [3.05, 3.63) is 28.5 Å². The maximum Gasteiger partial charge on any atom is 0.433 e. The van der Waals surface area contributed by atoms with Gasteiger partial charge in [-0.15, -0.1) is 0 Å². The van der Waals surface area contributed by atoms with Crippen molar-refractivity contribution < 1.29 is 22.7 Å². The van der Waals surface area contributed by atoms with Gasteiger partial charge in [0.15, 0.2) is 5.69 Å². The molecule has 0 aromatic carbocycles. The summed E-state index contributed by atoms with van der Waals surface area (Å²) in [5.74, 6) is -0.969. The molecule has 0 amide bonds. The minimum atomic E-state index is -4.65. The summed E-state index contributed by atoms with van der Waals surface area (Å²) in [4.78, 5) is 14.0. The van der Waals surface area contributed by atoms with Gasteiger partial charge in [-0.25, -0.2) is 9.78 Å². The van der Waals surface area contributed by atoms with Crippen LogP contribution < -0.4 is 0 Å². The Bertz CT molecular complexity index is 392. The van der Waals surface area contributed by atoms with Crippen molar-refractivity contribution >= 4 is 17.6 Å². The van der Waals surface area contributed by atoms with Gasteiger partial charge in [-0.3, -0.25) is 0 Å². The first-order valence-corrected chi connectivity index (χ1v) is 4.05. The van der Waals surface area contributed by atoms with Crippen LogP contribution in [0.25, 0.3) is 0 Å². The molecule has 82 valence electrons. The maximum absolute atomic E-state index is 12.2. The quantitative estimate of drug-likeness (QED) is 0.707. The summed E-state index contributed by atoms with van der Waals surface area (Å²) < 4.78 is 41.0. The molecule has 1 aromatic heterocycles. The molecule has 3 nitrogen and oxygen atoms in total. The molecule has 1 heterocycles. The zero-order valence-corrected chi connectivity index (χ0v) is 8.19. The zero-order chi connectivity index (χ0) is 11.6. The number of halogens is 4. The molecule has 0 radical (unpaired) electrons. The number of aromatic nitrogens is 1. The van der Waals surface area contributed by atoms with E-state index in [0.717, 1.165) is 13.2 Å². The lowest BCUT2D eigenvalue weighted by Gasteiger charge is -2.07. The average molecular weight is 240 g/mol. The number of hydrogen-bond donors (Lipinski definition) is 0. The van der Waals surface area contributed by atoms with Gasteiger partial charge in [-0.1, -0.05) is 11.6 Å². The van der Waals surface area contributed by atoms with Gasteiger partial charge in [-0.2, -0.15) is 13.2 Å². The molecule has 0 saturated heterocycles. The van der Waals surface area contributed by atoms with Gasteiger partial charge < -0.3 is 4.74 Å². The molecule has 0 spiro atoms. The van der Waals surface area contributed by atoms with E-state index in [2.05, 4.69) is 9.72 Å². The zero-order valence-electron chi connectivity index (χ0n) is 7.43. The van der Waals surface area contributed by atoms with Crippen LogP contribution in [-0.2, 0) is 10.9 Å². The average Bonchev–Trinajstić information content (AvgIpc) is 2.14. The third kappa shape index (κ3) is 2.82. The fraction of sp³-hybridized carbons (Fsp3) is 0.250. The minimum absolute atomic E-state index is 0.224. The van der Waals surface area contributed by atoms with E-state index in [0.29, 0.717) is 6.07 Å². The third-order valence-corrected chi connectivity index (χ3v) is 1.69. The smallest absolute Gasteiger partial charge is 0.433 e. The number of carbonyl (C=O) groups excluding carboxylic acids is 1. The fourth-order valence-electron chi connectivity index (χ4n) is 0.852. The Hall–Kier alpha value is -1.30. The summed E-state index contributed by atoms with van der Waals surface area (Å²) in [7, 11) is 1.04. The molecular weight excluding hydrogens is 235 g/mol. The number of nitrogens with zero attached hydrogens (tertiary/aromatic N) is 1. The second kappa shape index (κ2) is 4.06. The molecule has 0 fully saturated rings. The van der Waals surface area contributed by atoms with E-state index in [1.807, 2.05) is 0 Å². The molecule has 0 aliphatic heterocycles. The van der Waals surface area contributed by atoms with Gasteiger partial charge in [0.1, 0.15) is 5.69 Å². The van der Waals surface area contributed by atoms with Crippen LogP contribution in [0.1, 0.15) is 16.2 Å². The lowest BCUT2D eigenvalue weighted by Crippen LogP contribution is -2.12. The lowest BCUT2D eigenvalue weighted by atomic mass is 10.3. The van der Waals surface area contributed by atoms with Crippen LogP contribution >= 0.6 is 11.6 Å². The standard InChI is InChI=1S/C8H5ClF3NO2/c1-15-7(14)5-2-4(9)3-6(13-5)8(10,11)12/h2-3H,1H3. The van der Waals surface area contributed by atoms with Crippen LogP contribution in [0.3, 0.4) is 0 Å². The fourth-order valence-corrected chi connectivity index (χ4v) is 1.06. The van der Waals surface area contributed by atoms with Crippen LogP contribution in [0.2, 0.25) is 5.02 Å². The molecule has 0 unspecified atom stereocenters. The molecule has 15 heavy (non-hydrogen) atoms. The number of methoxy groups -OCH3 is 1. The van der Waals surface area contributed by atoms with Crippen LogP contribution in [0, 0.1) is 0 Å². The highest BCUT2D eigenvalue weighted by Gasteiger charge is 2.33. The molecule has 0 N–H and O–H groups in total. The number of alkyl halides is 3. The largest absolute Gasteiger partial charge is 0.464 e. The predicted molar refractivity (Wildman–Crippen MR) is 45.6 cm³/mol. The molecule has 1 rings (SSSR count). The third-order valence-electron chi connectivity index (χ3n) is 1.48. The lowest BCUT2D eigenvalue weighted by molar-refractivity contribution is -0.141. The Morgan fingerprint density at radius 3 is 2.53 bits per heavy atom. The first kappa shape index (κ1) is 11.8. The maximum atomic E-state index is 12.2. The molecule has 0 bridgehead atoms. The second-order valence-corrected chi connectivity index (χ2v) is 2.98. The van der Waals surface area contributed by atoms with E-state index in [4.69, 9.17) is 11.6 Å². The number of ether oxygens (including phenoxy) is 1. The first-order chi connectivity index (χ1) is 6.84. The normalized spacial score (nSPS) is 11.3. The highest BCUT2D eigenvalue weighted by Crippen LogP contribution is 2.29. The van der Waals surface area contributed by atoms with Crippen molar-refractivity contribution in [1.29, 1.82) is 0 Å². The molecule has 1 aromatic rings. The van der Waals surface area contributed by atoms with Gasteiger partial charge in [0.25, 0.3) is 0 Å². The number of rotatable bonds is 1. The minimum Gasteiger partial charge on any atom is -0.464 e. The summed E-state index contributed by atoms with van der Waals surface area (Å²) in [6.45, 7) is 0. The summed E-state index contributed by atoms with van der Waals surface area (Å²) in [6, 6.07) is 1.64. The number of pyridine rings is 1. The van der Waals surface area contributed by atoms with Crippen molar-refractivity contribution in [3.63, 3.8) is 0 Å². The molecule has 0 aliphatic rings. The van der Waals surface area contributed by atoms with E-state index < -0.39 is 23.5 Å². The Labute approximate surface area is 87.8 Å². The molecule has 0 aliphatic carbocycles. The summed E-state index contributed by atoms with van der Waals surface area (Å²) in [5, 5.41) is -0.224. The summed E-state index contributed by atoms with van der Waals surface area (Å²) >= 11 is 5.41. The number of carbonyl (C=O) groups is 1. The van der Waals surface area contributed by atoms with Gasteiger partial charge in [0.05, 0.1) is 7.11 Å². The van der Waals surface area contributed by atoms with E-state index in [1.165, 1.54) is 0 Å². The Morgan fingerprint density at radius 2 is 2.07 bits per heavy atom. The number of hydrogen-bond acceptors (Lipinski definition) is 3. The monoisotopic (exact) mass is 239 g/mol. The topological polar surface area (TPSA) is 39.2 Å². The highest BCUT2D eigenvalue weighted by molar-refractivity contribution is 6.30. The van der Waals surface area contributed by atoms with Crippen molar-refractivity contribution in [2.75, 3.05) is 7.11 Å². The summed E-state index contributed by atoms with van der Waals surface area (Å²) in [6.07, 6.45) is -4.65. The molecular formula is C8H5ClF3NO2. The van der Waals surface area contributed by atoms with E-state index in [-0.39, 0.29) is 5.02 Å². The van der Waals surface area contributed by atoms with Crippen molar-refractivity contribution in [1.82, 2.24) is 4.98 Å². The molecule has 7 heteroatoms. The van der Waals surface area contributed by atoms with Crippen molar-refractivity contribution in [3.8, 4) is 0 Å². The van der Waals surface area contributed by atoms with E-state index >= 15 is 0 Å². The van der Waals surface area contributed by atoms with E-state index in [1.54, 1.807) is 0 Å². The first-order valence-electron chi connectivity index (χ1n) is 3.67. The van der Waals surface area contributed by atoms with Crippen LogP contribution in [-0.4, -0.2) is 18.1 Å². The van der Waals surface area contributed by atoms with Gasteiger partial charge in [-0.05, 0) is 12.1 Å². The Balaban J connectivity index is 3.23. The molecule has 0 atom stereocenters. The number of esters is 1.